The van der Waals surface area contributed by atoms with Crippen LogP contribution in [0.25, 0.3) is 0 Å². The van der Waals surface area contributed by atoms with Crippen LogP contribution in [0.2, 0.25) is 0 Å². The summed E-state index contributed by atoms with van der Waals surface area (Å²) in [6.07, 6.45) is 6.33. The number of carbonyl (C=O) groups is 2. The van der Waals surface area contributed by atoms with Crippen LogP contribution in [0.5, 0.6) is 0 Å². The van der Waals surface area contributed by atoms with Gasteiger partial charge in [-0.05, 0) is 41.8 Å². The van der Waals surface area contributed by atoms with E-state index in [1.807, 2.05) is 48.5 Å². The number of hydrogen-bond acceptors (Lipinski definition) is 8. The summed E-state index contributed by atoms with van der Waals surface area (Å²) in [6, 6.07) is 18.7. The molecule has 1 saturated heterocycles. The molecule has 2 amide bonds. The summed E-state index contributed by atoms with van der Waals surface area (Å²) < 4.78 is 5.68. The van der Waals surface area contributed by atoms with Gasteiger partial charge in [-0.15, -0.1) is 0 Å². The summed E-state index contributed by atoms with van der Waals surface area (Å²) >= 11 is 0. The van der Waals surface area contributed by atoms with E-state index in [0.717, 1.165) is 62.4 Å². The third-order valence-corrected chi connectivity index (χ3v) is 7.50. The van der Waals surface area contributed by atoms with E-state index in [1.54, 1.807) is 31.6 Å². The Bertz CT molecular complexity index is 1230. The fourth-order valence-electron chi connectivity index (χ4n) is 5.04. The predicted octanol–water partition coefficient (Wildman–Crippen LogP) is 4.47. The zero-order valence-electron chi connectivity index (χ0n) is 24.6. The van der Waals surface area contributed by atoms with Gasteiger partial charge in [-0.2, -0.15) is 5.48 Å². The largest absolute Gasteiger partial charge is 0.434 e. The minimum Gasteiger partial charge on any atom is -0.398 e. The summed E-state index contributed by atoms with van der Waals surface area (Å²) in [5.41, 5.74) is 11.7. The molecule has 1 unspecified atom stereocenters. The number of rotatable bonds is 12. The number of ether oxygens (including phenoxy) is 1. The van der Waals surface area contributed by atoms with Crippen molar-refractivity contribution in [2.24, 2.45) is 0 Å². The Kier molecular flexibility index (Phi) is 11.5. The van der Waals surface area contributed by atoms with Crippen molar-refractivity contribution in [3.05, 3.63) is 89.7 Å². The van der Waals surface area contributed by atoms with Crippen molar-refractivity contribution in [3.63, 3.8) is 0 Å². The zero-order chi connectivity index (χ0) is 29.7. The van der Waals surface area contributed by atoms with Crippen molar-refractivity contribution in [1.29, 1.82) is 0 Å². The molecule has 1 aliphatic rings. The number of nitrogens with zero attached hydrogens (tertiary/aromatic N) is 4. The Morgan fingerprint density at radius 3 is 2.45 bits per heavy atom. The number of piperazine rings is 1. The summed E-state index contributed by atoms with van der Waals surface area (Å²) in [5, 5.41) is 0. The van der Waals surface area contributed by atoms with Crippen molar-refractivity contribution in [2.75, 3.05) is 50.5 Å². The highest BCUT2D eigenvalue weighted by Crippen LogP contribution is 2.23. The Morgan fingerprint density at radius 2 is 1.76 bits per heavy atom. The molecule has 0 bridgehead atoms. The van der Waals surface area contributed by atoms with Gasteiger partial charge in [0, 0.05) is 70.1 Å². The first kappa shape index (κ1) is 30.8. The van der Waals surface area contributed by atoms with E-state index in [2.05, 4.69) is 27.2 Å². The molecule has 2 aromatic carbocycles. The number of unbranched alkanes of at least 4 members (excludes halogenated alkanes) is 1. The average molecular weight is 575 g/mol. The zero-order valence-corrected chi connectivity index (χ0v) is 24.6. The highest BCUT2D eigenvalue weighted by Gasteiger charge is 2.23. The number of benzene rings is 2. The van der Waals surface area contributed by atoms with E-state index >= 15 is 0 Å². The first-order valence-corrected chi connectivity index (χ1v) is 14.5. The quantitative estimate of drug-likeness (QED) is 0.241. The summed E-state index contributed by atoms with van der Waals surface area (Å²) in [5.74, 6) is -0.582. The second-order valence-corrected chi connectivity index (χ2v) is 10.6. The van der Waals surface area contributed by atoms with Gasteiger partial charge in [0.15, 0.2) is 0 Å². The SMILES string of the molecule is CCCCC(CN1CCN(c2ccc(N)c(C(=O)NOC(=O)N(Cc3ccccc3)Cc3cccnc3)c2)CC1)OC. The number of nitrogens with two attached hydrogens (primary N) is 1. The van der Waals surface area contributed by atoms with Gasteiger partial charge in [-0.3, -0.25) is 19.6 Å². The second-order valence-electron chi connectivity index (χ2n) is 10.6. The minimum absolute atomic E-state index is 0.249. The lowest BCUT2D eigenvalue weighted by atomic mass is 10.1. The van der Waals surface area contributed by atoms with Crippen molar-refractivity contribution in [2.45, 2.75) is 45.4 Å². The van der Waals surface area contributed by atoms with Crippen LogP contribution in [0.15, 0.2) is 73.1 Å². The van der Waals surface area contributed by atoms with Crippen LogP contribution in [0.1, 0.15) is 47.7 Å². The van der Waals surface area contributed by atoms with E-state index < -0.39 is 12.0 Å². The van der Waals surface area contributed by atoms with Gasteiger partial charge in [0.2, 0.25) is 0 Å². The van der Waals surface area contributed by atoms with E-state index in [0.29, 0.717) is 12.2 Å². The fraction of sp³-hybridized carbons (Fsp3) is 0.406. The van der Waals surface area contributed by atoms with Gasteiger partial charge in [-0.25, -0.2) is 4.79 Å². The number of hydroxylamine groups is 1. The summed E-state index contributed by atoms with van der Waals surface area (Å²) in [6.45, 7) is 7.16. The molecule has 3 aromatic rings. The molecule has 1 atom stereocenters. The molecule has 0 spiro atoms. The molecule has 0 saturated carbocycles. The third kappa shape index (κ3) is 8.92. The molecule has 224 valence electrons. The van der Waals surface area contributed by atoms with Crippen LogP contribution < -0.4 is 16.1 Å². The van der Waals surface area contributed by atoms with Gasteiger partial charge < -0.3 is 20.2 Å². The lowest BCUT2D eigenvalue weighted by molar-refractivity contribution is 0.0397. The maximum absolute atomic E-state index is 13.1. The van der Waals surface area contributed by atoms with Crippen LogP contribution in [0.3, 0.4) is 0 Å². The van der Waals surface area contributed by atoms with E-state index in [4.69, 9.17) is 15.3 Å². The molecular weight excluding hydrogens is 532 g/mol. The molecule has 10 nitrogen and oxygen atoms in total. The van der Waals surface area contributed by atoms with E-state index in [9.17, 15) is 9.59 Å². The van der Waals surface area contributed by atoms with Gasteiger partial charge in [0.25, 0.3) is 5.91 Å². The standard InChI is InChI=1S/C32H42N6O4/c1-3-4-12-28(41-2)24-36-16-18-37(19-17-36)27-13-14-30(33)29(20-27)31(39)35-42-32(40)38(22-25-9-6-5-7-10-25)23-26-11-8-15-34-21-26/h5-11,13-15,20-21,28H,3-4,12,16-19,22-24,33H2,1-2H3,(H,35,39). The molecule has 3 N–H and O–H groups in total. The fourth-order valence-corrected chi connectivity index (χ4v) is 5.04. The molecule has 42 heavy (non-hydrogen) atoms. The van der Waals surface area contributed by atoms with Crippen molar-refractivity contribution < 1.29 is 19.2 Å². The van der Waals surface area contributed by atoms with Gasteiger partial charge in [0.1, 0.15) is 0 Å². The Labute approximate surface area is 248 Å². The molecule has 1 aliphatic heterocycles. The van der Waals surface area contributed by atoms with Gasteiger partial charge >= 0.3 is 6.09 Å². The monoisotopic (exact) mass is 574 g/mol. The highest BCUT2D eigenvalue weighted by molar-refractivity contribution is 6.00. The molecule has 10 heteroatoms. The first-order chi connectivity index (χ1) is 20.5. The van der Waals surface area contributed by atoms with Crippen LogP contribution in [-0.2, 0) is 22.7 Å². The lowest BCUT2D eigenvalue weighted by Gasteiger charge is -2.37. The molecule has 0 radical (unpaired) electrons. The number of anilines is 2. The summed E-state index contributed by atoms with van der Waals surface area (Å²) in [4.78, 5) is 41.8. The number of aromatic nitrogens is 1. The van der Waals surface area contributed by atoms with Crippen LogP contribution in [-0.4, -0.2) is 72.7 Å². The van der Waals surface area contributed by atoms with E-state index in [1.165, 1.54) is 11.3 Å². The van der Waals surface area contributed by atoms with Crippen molar-refractivity contribution >= 4 is 23.4 Å². The Hall–Kier alpha value is -4.15. The first-order valence-electron chi connectivity index (χ1n) is 14.5. The van der Waals surface area contributed by atoms with Crippen LogP contribution >= 0.6 is 0 Å². The lowest BCUT2D eigenvalue weighted by Crippen LogP contribution is -2.48. The van der Waals surface area contributed by atoms with Crippen LogP contribution in [0.4, 0.5) is 16.2 Å². The highest BCUT2D eigenvalue weighted by atomic mass is 16.7. The molecule has 2 heterocycles. The maximum atomic E-state index is 13.1. The number of nitrogen functional groups attached to an aromatic ring is 1. The number of hydrogen-bond donors (Lipinski definition) is 2. The second kappa shape index (κ2) is 15.7. The molecule has 1 fully saturated rings. The topological polar surface area (TPSA) is 113 Å². The minimum atomic E-state index is -0.685. The number of methoxy groups -OCH3 is 1. The van der Waals surface area contributed by atoms with Crippen LogP contribution in [0, 0.1) is 0 Å². The van der Waals surface area contributed by atoms with Crippen molar-refractivity contribution in [1.82, 2.24) is 20.3 Å². The van der Waals surface area contributed by atoms with Gasteiger partial charge in [0.05, 0.1) is 18.2 Å². The molecular formula is C32H42N6O4. The van der Waals surface area contributed by atoms with Crippen molar-refractivity contribution in [3.8, 4) is 0 Å². The normalized spacial score (nSPS) is 14.3. The third-order valence-electron chi connectivity index (χ3n) is 7.50. The molecule has 4 rings (SSSR count). The Morgan fingerprint density at radius 1 is 1.02 bits per heavy atom. The average Bonchev–Trinajstić information content (AvgIpc) is 3.03. The predicted molar refractivity (Wildman–Crippen MR) is 164 cm³/mol. The van der Waals surface area contributed by atoms with E-state index in [-0.39, 0.29) is 18.2 Å². The Balaban J connectivity index is 1.35. The van der Waals surface area contributed by atoms with Gasteiger partial charge in [-0.1, -0.05) is 56.2 Å². The smallest absolute Gasteiger partial charge is 0.398 e. The maximum Gasteiger partial charge on any atom is 0.434 e. The molecule has 1 aromatic heterocycles. The number of carbonyl (C=O) groups excluding carboxylic acids is 2. The number of nitrogens with one attached hydrogen (secondary N) is 1. The number of pyridine rings is 1. The molecule has 0 aliphatic carbocycles. The number of amides is 2. The summed E-state index contributed by atoms with van der Waals surface area (Å²) in [7, 11) is 1.79.